The number of para-hydroxylation sites is 1. The molecule has 0 N–H and O–H groups in total. The zero-order valence-electron chi connectivity index (χ0n) is 12.0. The zero-order chi connectivity index (χ0) is 15.7. The van der Waals surface area contributed by atoms with Crippen molar-refractivity contribution in [3.8, 4) is 0 Å². The largest absolute Gasteiger partial charge is 0.465 e. The number of rotatable bonds is 3. The molecule has 112 valence electrons. The van der Waals surface area contributed by atoms with Crippen molar-refractivity contribution in [2.24, 2.45) is 4.99 Å². The van der Waals surface area contributed by atoms with Gasteiger partial charge in [-0.25, -0.2) is 0 Å². The third kappa shape index (κ3) is 3.84. The number of hydrogen-bond donors (Lipinski definition) is 0. The molecule has 0 saturated carbocycles. The van der Waals surface area contributed by atoms with Crippen LogP contribution in [0.5, 0.6) is 0 Å². The van der Waals surface area contributed by atoms with Crippen molar-refractivity contribution in [2.45, 2.75) is 25.8 Å². The standard InChI is InChI=1S/C15H16F3NOSi/c1-21(2,3)14-9-8-11(20-14)10-19-13-7-5-4-6-12(13)15(16,17)18/h4-10H,1-3H3. The van der Waals surface area contributed by atoms with E-state index in [-0.39, 0.29) is 5.69 Å². The lowest BCUT2D eigenvalue weighted by molar-refractivity contribution is -0.137. The van der Waals surface area contributed by atoms with Crippen LogP contribution in [0.25, 0.3) is 0 Å². The van der Waals surface area contributed by atoms with E-state index in [0.717, 1.165) is 11.4 Å². The number of hydrogen-bond acceptors (Lipinski definition) is 2. The molecular formula is C15H16F3NOSi. The first-order chi connectivity index (χ1) is 9.68. The third-order valence-corrected chi connectivity index (χ3v) is 4.65. The Balaban J connectivity index is 2.29. The molecule has 0 bridgehead atoms. The number of furan rings is 1. The highest BCUT2D eigenvalue weighted by molar-refractivity contribution is 6.87. The monoisotopic (exact) mass is 311 g/mol. The predicted octanol–water partition coefficient (Wildman–Crippen LogP) is 4.59. The van der Waals surface area contributed by atoms with E-state index < -0.39 is 19.8 Å². The van der Waals surface area contributed by atoms with Crippen LogP contribution < -0.4 is 5.38 Å². The minimum absolute atomic E-state index is 0.115. The molecule has 0 spiro atoms. The Kier molecular flexibility index (Phi) is 4.09. The summed E-state index contributed by atoms with van der Waals surface area (Å²) in [7, 11) is -1.57. The quantitative estimate of drug-likeness (QED) is 0.601. The Morgan fingerprint density at radius 2 is 1.71 bits per heavy atom. The second kappa shape index (κ2) is 5.52. The fourth-order valence-corrected chi connectivity index (χ4v) is 2.79. The molecule has 2 rings (SSSR count). The maximum atomic E-state index is 12.8. The van der Waals surface area contributed by atoms with Crippen molar-refractivity contribution in [2.75, 3.05) is 0 Å². The molecule has 0 amide bonds. The summed E-state index contributed by atoms with van der Waals surface area (Å²) in [4.78, 5) is 3.91. The molecular weight excluding hydrogens is 295 g/mol. The maximum Gasteiger partial charge on any atom is 0.418 e. The fraction of sp³-hybridized carbons (Fsp3) is 0.267. The highest BCUT2D eigenvalue weighted by Crippen LogP contribution is 2.35. The molecule has 0 aliphatic carbocycles. The molecule has 0 aliphatic rings. The second-order valence-corrected chi connectivity index (χ2v) is 10.7. The van der Waals surface area contributed by atoms with Crippen LogP contribution in [0.2, 0.25) is 19.6 Å². The minimum atomic E-state index is -4.42. The average Bonchev–Trinajstić information content (AvgIpc) is 2.84. The van der Waals surface area contributed by atoms with Crippen LogP contribution in [-0.2, 0) is 6.18 Å². The van der Waals surface area contributed by atoms with Gasteiger partial charge in [-0.3, -0.25) is 4.99 Å². The van der Waals surface area contributed by atoms with Crippen LogP contribution in [0.1, 0.15) is 11.3 Å². The van der Waals surface area contributed by atoms with Crippen molar-refractivity contribution < 1.29 is 17.6 Å². The molecule has 2 aromatic rings. The van der Waals surface area contributed by atoms with Gasteiger partial charge in [-0.05, 0) is 24.3 Å². The topological polar surface area (TPSA) is 25.5 Å². The van der Waals surface area contributed by atoms with Crippen LogP contribution in [0.3, 0.4) is 0 Å². The Hall–Kier alpha value is -1.82. The number of benzene rings is 1. The van der Waals surface area contributed by atoms with E-state index in [9.17, 15) is 13.2 Å². The third-order valence-electron chi connectivity index (χ3n) is 2.91. The summed E-state index contributed by atoms with van der Waals surface area (Å²) in [5, 5.41) is 0.896. The van der Waals surface area contributed by atoms with Crippen LogP contribution in [0.4, 0.5) is 18.9 Å². The molecule has 1 aromatic heterocycles. The average molecular weight is 311 g/mol. The summed E-state index contributed by atoms with van der Waals surface area (Å²) in [6.07, 6.45) is -3.09. The van der Waals surface area contributed by atoms with Crippen molar-refractivity contribution >= 4 is 25.4 Å². The normalized spacial score (nSPS) is 13.0. The lowest BCUT2D eigenvalue weighted by Gasteiger charge is -2.10. The molecule has 2 nitrogen and oxygen atoms in total. The Bertz CT molecular complexity index is 653. The molecule has 0 unspecified atom stereocenters. The van der Waals surface area contributed by atoms with E-state index in [1.807, 2.05) is 6.07 Å². The Labute approximate surface area is 122 Å². The van der Waals surface area contributed by atoms with Crippen LogP contribution in [0, 0.1) is 0 Å². The molecule has 1 aromatic carbocycles. The van der Waals surface area contributed by atoms with E-state index in [2.05, 4.69) is 24.6 Å². The maximum absolute atomic E-state index is 12.8. The summed E-state index contributed by atoms with van der Waals surface area (Å²) in [5.74, 6) is 0.462. The lowest BCUT2D eigenvalue weighted by atomic mass is 10.2. The smallest absolute Gasteiger partial charge is 0.418 e. The molecule has 0 saturated heterocycles. The number of nitrogens with zero attached hydrogens (tertiary/aromatic N) is 1. The second-order valence-electron chi connectivity index (χ2n) is 5.73. The molecule has 0 aliphatic heterocycles. The van der Waals surface area contributed by atoms with E-state index in [1.165, 1.54) is 24.4 Å². The van der Waals surface area contributed by atoms with E-state index in [1.54, 1.807) is 6.07 Å². The van der Waals surface area contributed by atoms with Gasteiger partial charge in [0.15, 0.2) is 0 Å². The Morgan fingerprint density at radius 3 is 2.29 bits per heavy atom. The molecule has 0 radical (unpaired) electrons. The first-order valence-corrected chi connectivity index (χ1v) is 9.98. The zero-order valence-corrected chi connectivity index (χ0v) is 13.0. The SMILES string of the molecule is C[Si](C)(C)c1ccc(C=Nc2ccccc2C(F)(F)F)o1. The van der Waals surface area contributed by atoms with Gasteiger partial charge in [-0.15, -0.1) is 0 Å². The first kappa shape index (κ1) is 15.6. The summed E-state index contributed by atoms with van der Waals surface area (Å²) >= 11 is 0. The summed E-state index contributed by atoms with van der Waals surface area (Å²) < 4.78 is 44.2. The minimum Gasteiger partial charge on any atom is -0.465 e. The number of alkyl halides is 3. The van der Waals surface area contributed by atoms with Crippen LogP contribution in [0.15, 0.2) is 45.8 Å². The van der Waals surface area contributed by atoms with Gasteiger partial charge in [0.2, 0.25) is 0 Å². The van der Waals surface area contributed by atoms with Crippen molar-refractivity contribution in [1.82, 2.24) is 0 Å². The van der Waals surface area contributed by atoms with E-state index in [0.29, 0.717) is 5.76 Å². The highest BCUT2D eigenvalue weighted by Gasteiger charge is 2.33. The van der Waals surface area contributed by atoms with Gasteiger partial charge >= 0.3 is 6.18 Å². The van der Waals surface area contributed by atoms with Gasteiger partial charge < -0.3 is 4.42 Å². The predicted molar refractivity (Wildman–Crippen MR) is 80.4 cm³/mol. The molecule has 0 fully saturated rings. The number of aliphatic imine (C=N–C) groups is 1. The molecule has 1 heterocycles. The summed E-state index contributed by atoms with van der Waals surface area (Å²) in [6.45, 7) is 6.39. The lowest BCUT2D eigenvalue weighted by Crippen LogP contribution is -2.36. The van der Waals surface area contributed by atoms with E-state index in [4.69, 9.17) is 4.42 Å². The molecule has 6 heteroatoms. The summed E-state index contributed by atoms with van der Waals surface area (Å²) in [5.41, 5.74) is -0.867. The van der Waals surface area contributed by atoms with Gasteiger partial charge in [0.1, 0.15) is 13.8 Å². The highest BCUT2D eigenvalue weighted by atomic mass is 28.3. The summed E-state index contributed by atoms with van der Waals surface area (Å²) in [6, 6.07) is 8.82. The molecule has 0 atom stereocenters. The Morgan fingerprint density at radius 1 is 1.05 bits per heavy atom. The van der Waals surface area contributed by atoms with Crippen molar-refractivity contribution in [3.63, 3.8) is 0 Å². The van der Waals surface area contributed by atoms with Gasteiger partial charge in [-0.2, -0.15) is 13.2 Å². The van der Waals surface area contributed by atoms with Crippen molar-refractivity contribution in [1.29, 1.82) is 0 Å². The number of halogens is 3. The fourth-order valence-electron chi connectivity index (χ4n) is 1.78. The van der Waals surface area contributed by atoms with Gasteiger partial charge in [0.05, 0.1) is 22.8 Å². The van der Waals surface area contributed by atoms with E-state index >= 15 is 0 Å². The van der Waals surface area contributed by atoms with Gasteiger partial charge in [0, 0.05) is 0 Å². The van der Waals surface area contributed by atoms with Crippen LogP contribution in [-0.4, -0.2) is 14.3 Å². The van der Waals surface area contributed by atoms with Gasteiger partial charge in [-0.1, -0.05) is 31.8 Å². The van der Waals surface area contributed by atoms with Crippen LogP contribution >= 0.6 is 0 Å². The van der Waals surface area contributed by atoms with Crippen molar-refractivity contribution in [3.05, 3.63) is 47.7 Å². The van der Waals surface area contributed by atoms with Gasteiger partial charge in [0.25, 0.3) is 0 Å². The first-order valence-electron chi connectivity index (χ1n) is 6.48. The molecule has 21 heavy (non-hydrogen) atoms.